The number of methoxy groups -OCH3 is 1. The number of hydrogen-bond donors (Lipinski definition) is 1. The molecule has 1 fully saturated rings. The molecule has 0 amide bonds. The Morgan fingerprint density at radius 2 is 1.75 bits per heavy atom. The average molecular weight is 219 g/mol. The maximum absolute atomic E-state index is 6.37. The highest BCUT2D eigenvalue weighted by Crippen LogP contribution is 2.41. The Balaban J connectivity index is 2.23. The van der Waals surface area contributed by atoms with Crippen molar-refractivity contribution in [3.05, 3.63) is 35.4 Å². The Labute approximate surface area is 97.8 Å². The standard InChI is InChI=1S/C14H21NO/c1-11-5-7-12(8-6-11)13(15)14(16-2)9-3-4-10-14/h5-8,13H,3-4,9-10,15H2,1-2H3. The molecule has 0 radical (unpaired) electrons. The zero-order chi connectivity index (χ0) is 11.6. The molecule has 1 aromatic carbocycles. The van der Waals surface area contributed by atoms with Crippen molar-refractivity contribution in [2.24, 2.45) is 5.73 Å². The van der Waals surface area contributed by atoms with Gasteiger partial charge in [0.05, 0.1) is 11.6 Å². The third-order valence-corrected chi connectivity index (χ3v) is 3.86. The van der Waals surface area contributed by atoms with Crippen molar-refractivity contribution in [2.45, 2.75) is 44.2 Å². The number of aryl methyl sites for hydroxylation is 1. The lowest BCUT2D eigenvalue weighted by molar-refractivity contribution is -0.0264. The summed E-state index contributed by atoms with van der Waals surface area (Å²) < 4.78 is 5.72. The molecule has 1 unspecified atom stereocenters. The van der Waals surface area contributed by atoms with Gasteiger partial charge in [-0.1, -0.05) is 42.7 Å². The van der Waals surface area contributed by atoms with Crippen molar-refractivity contribution < 1.29 is 4.74 Å². The number of hydrogen-bond acceptors (Lipinski definition) is 2. The minimum atomic E-state index is -0.130. The molecule has 2 nitrogen and oxygen atoms in total. The third kappa shape index (κ3) is 2.00. The summed E-state index contributed by atoms with van der Waals surface area (Å²) >= 11 is 0. The van der Waals surface area contributed by atoms with Crippen molar-refractivity contribution >= 4 is 0 Å². The topological polar surface area (TPSA) is 35.2 Å². The van der Waals surface area contributed by atoms with E-state index in [0.29, 0.717) is 0 Å². The van der Waals surface area contributed by atoms with Gasteiger partial charge in [0.2, 0.25) is 0 Å². The molecule has 2 rings (SSSR count). The van der Waals surface area contributed by atoms with Crippen molar-refractivity contribution in [3.63, 3.8) is 0 Å². The second-order valence-electron chi connectivity index (χ2n) is 4.86. The van der Waals surface area contributed by atoms with E-state index in [2.05, 4.69) is 31.2 Å². The quantitative estimate of drug-likeness (QED) is 0.848. The molecule has 0 bridgehead atoms. The van der Waals surface area contributed by atoms with Crippen molar-refractivity contribution in [2.75, 3.05) is 7.11 Å². The van der Waals surface area contributed by atoms with Crippen LogP contribution in [0.2, 0.25) is 0 Å². The molecule has 16 heavy (non-hydrogen) atoms. The van der Waals surface area contributed by atoms with Crippen molar-refractivity contribution in [1.29, 1.82) is 0 Å². The average Bonchev–Trinajstić information content (AvgIpc) is 2.79. The monoisotopic (exact) mass is 219 g/mol. The van der Waals surface area contributed by atoms with Crippen LogP contribution in [0.15, 0.2) is 24.3 Å². The fourth-order valence-electron chi connectivity index (χ4n) is 2.69. The molecule has 0 spiro atoms. The summed E-state index contributed by atoms with van der Waals surface area (Å²) in [6.07, 6.45) is 4.62. The fourth-order valence-corrected chi connectivity index (χ4v) is 2.69. The normalized spacial score (nSPS) is 20.9. The third-order valence-electron chi connectivity index (χ3n) is 3.86. The number of ether oxygens (including phenoxy) is 1. The molecule has 2 heteroatoms. The van der Waals surface area contributed by atoms with Crippen LogP contribution in [0.25, 0.3) is 0 Å². The maximum atomic E-state index is 6.37. The number of benzene rings is 1. The van der Waals surface area contributed by atoms with Gasteiger partial charge in [0.15, 0.2) is 0 Å². The molecule has 2 N–H and O–H groups in total. The smallest absolute Gasteiger partial charge is 0.0870 e. The van der Waals surface area contributed by atoms with Crippen LogP contribution in [-0.2, 0) is 4.74 Å². The molecule has 1 atom stereocenters. The van der Waals surface area contributed by atoms with Crippen LogP contribution in [-0.4, -0.2) is 12.7 Å². The largest absolute Gasteiger partial charge is 0.376 e. The SMILES string of the molecule is COC1(C(N)c2ccc(C)cc2)CCCC1. The van der Waals surface area contributed by atoms with Gasteiger partial charge in [0.1, 0.15) is 0 Å². The predicted molar refractivity (Wildman–Crippen MR) is 66.3 cm³/mol. The van der Waals surface area contributed by atoms with Gasteiger partial charge in [-0.15, -0.1) is 0 Å². The summed E-state index contributed by atoms with van der Waals surface area (Å²) in [5.41, 5.74) is 8.70. The lowest BCUT2D eigenvalue weighted by Crippen LogP contribution is -2.40. The van der Waals surface area contributed by atoms with Crippen LogP contribution in [0.5, 0.6) is 0 Å². The molecule has 0 aromatic heterocycles. The van der Waals surface area contributed by atoms with Gasteiger partial charge in [-0.05, 0) is 25.3 Å². The molecule has 1 saturated carbocycles. The van der Waals surface area contributed by atoms with Crippen LogP contribution in [0.4, 0.5) is 0 Å². The van der Waals surface area contributed by atoms with E-state index >= 15 is 0 Å². The Morgan fingerprint density at radius 3 is 2.25 bits per heavy atom. The second-order valence-corrected chi connectivity index (χ2v) is 4.86. The van der Waals surface area contributed by atoms with E-state index in [1.807, 2.05) is 0 Å². The Bertz CT molecular complexity index is 338. The van der Waals surface area contributed by atoms with Crippen LogP contribution < -0.4 is 5.73 Å². The second kappa shape index (κ2) is 4.56. The molecule has 0 heterocycles. The molecule has 88 valence electrons. The van der Waals surface area contributed by atoms with E-state index in [0.717, 1.165) is 12.8 Å². The highest BCUT2D eigenvalue weighted by Gasteiger charge is 2.40. The highest BCUT2D eigenvalue weighted by atomic mass is 16.5. The van der Waals surface area contributed by atoms with Crippen LogP contribution in [0.1, 0.15) is 42.9 Å². The van der Waals surface area contributed by atoms with Crippen molar-refractivity contribution in [1.82, 2.24) is 0 Å². The first kappa shape index (κ1) is 11.6. The Hall–Kier alpha value is -0.860. The lowest BCUT2D eigenvalue weighted by atomic mass is 9.87. The van der Waals surface area contributed by atoms with Gasteiger partial charge < -0.3 is 10.5 Å². The Kier molecular flexibility index (Phi) is 3.31. The maximum Gasteiger partial charge on any atom is 0.0870 e. The van der Waals surface area contributed by atoms with E-state index < -0.39 is 0 Å². The summed E-state index contributed by atoms with van der Waals surface area (Å²) in [5, 5.41) is 0. The van der Waals surface area contributed by atoms with Crippen molar-refractivity contribution in [3.8, 4) is 0 Å². The van der Waals surface area contributed by atoms with Gasteiger partial charge in [0, 0.05) is 7.11 Å². The molecule has 0 aliphatic heterocycles. The summed E-state index contributed by atoms with van der Waals surface area (Å²) in [5.74, 6) is 0. The van der Waals surface area contributed by atoms with Gasteiger partial charge in [0.25, 0.3) is 0 Å². The lowest BCUT2D eigenvalue weighted by Gasteiger charge is -2.34. The van der Waals surface area contributed by atoms with Gasteiger partial charge in [-0.25, -0.2) is 0 Å². The summed E-state index contributed by atoms with van der Waals surface area (Å²) in [6, 6.07) is 8.49. The molecule has 1 aliphatic carbocycles. The fraction of sp³-hybridized carbons (Fsp3) is 0.571. The predicted octanol–water partition coefficient (Wildman–Crippen LogP) is 2.95. The van der Waals surface area contributed by atoms with E-state index in [1.54, 1.807) is 7.11 Å². The first-order chi connectivity index (χ1) is 7.68. The zero-order valence-electron chi connectivity index (χ0n) is 10.2. The Morgan fingerprint density at radius 1 is 1.19 bits per heavy atom. The van der Waals surface area contributed by atoms with E-state index in [9.17, 15) is 0 Å². The van der Waals surface area contributed by atoms with E-state index in [-0.39, 0.29) is 11.6 Å². The van der Waals surface area contributed by atoms with Crippen LogP contribution >= 0.6 is 0 Å². The van der Waals surface area contributed by atoms with E-state index in [1.165, 1.54) is 24.0 Å². The molecular formula is C14H21NO. The minimum Gasteiger partial charge on any atom is -0.376 e. The van der Waals surface area contributed by atoms with Gasteiger partial charge in [-0.3, -0.25) is 0 Å². The van der Waals surface area contributed by atoms with Gasteiger partial charge >= 0.3 is 0 Å². The minimum absolute atomic E-state index is 0.000556. The zero-order valence-corrected chi connectivity index (χ0v) is 10.2. The first-order valence-electron chi connectivity index (χ1n) is 6.05. The highest BCUT2D eigenvalue weighted by molar-refractivity contribution is 5.26. The number of nitrogens with two attached hydrogens (primary N) is 1. The first-order valence-corrected chi connectivity index (χ1v) is 6.05. The van der Waals surface area contributed by atoms with Gasteiger partial charge in [-0.2, -0.15) is 0 Å². The molecule has 1 aromatic rings. The summed E-state index contributed by atoms with van der Waals surface area (Å²) in [4.78, 5) is 0. The molecule has 1 aliphatic rings. The summed E-state index contributed by atoms with van der Waals surface area (Å²) in [6.45, 7) is 2.09. The van der Waals surface area contributed by atoms with Crippen LogP contribution in [0, 0.1) is 6.92 Å². The number of rotatable bonds is 3. The molecule has 0 saturated heterocycles. The van der Waals surface area contributed by atoms with Crippen LogP contribution in [0.3, 0.4) is 0 Å². The molecular weight excluding hydrogens is 198 g/mol. The summed E-state index contributed by atoms with van der Waals surface area (Å²) in [7, 11) is 1.79. The van der Waals surface area contributed by atoms with E-state index in [4.69, 9.17) is 10.5 Å².